The topological polar surface area (TPSA) is 37.3 Å². The summed E-state index contributed by atoms with van der Waals surface area (Å²) in [5.41, 5.74) is 1.84. The first-order valence-corrected chi connectivity index (χ1v) is 5.42. The Morgan fingerprint density at radius 2 is 2.20 bits per heavy atom. The van der Waals surface area contributed by atoms with Crippen molar-refractivity contribution >= 4 is 17.6 Å². The van der Waals surface area contributed by atoms with Gasteiger partial charge in [0.05, 0.1) is 6.42 Å². The molecule has 0 amide bonds. The van der Waals surface area contributed by atoms with Gasteiger partial charge in [0, 0.05) is 5.02 Å². The van der Waals surface area contributed by atoms with Gasteiger partial charge in [-0.05, 0) is 29.5 Å². The number of carbonyl (C=O) groups is 1. The summed E-state index contributed by atoms with van der Waals surface area (Å²) in [6.45, 7) is 4.24. The minimum absolute atomic E-state index is 0.0143. The first-order chi connectivity index (χ1) is 7.04. The normalized spacial score (nSPS) is 12.5. The summed E-state index contributed by atoms with van der Waals surface area (Å²) >= 11 is 6.01. The summed E-state index contributed by atoms with van der Waals surface area (Å²) in [5, 5.41) is 9.21. The molecular weight excluding hydrogens is 212 g/mol. The molecule has 1 atom stereocenters. The Morgan fingerprint density at radius 1 is 1.53 bits per heavy atom. The summed E-state index contributed by atoms with van der Waals surface area (Å²) in [7, 11) is 0. The lowest BCUT2D eigenvalue weighted by Gasteiger charge is -2.10. The fourth-order valence-corrected chi connectivity index (χ4v) is 1.67. The Balaban J connectivity index is 2.92. The molecule has 1 rings (SSSR count). The minimum Gasteiger partial charge on any atom is -0.481 e. The van der Waals surface area contributed by atoms with Crippen LogP contribution in [0.5, 0.6) is 0 Å². The number of hydrogen-bond donors (Lipinski definition) is 1. The molecule has 1 unspecified atom stereocenters. The lowest BCUT2D eigenvalue weighted by Crippen LogP contribution is -2.01. The molecule has 0 aromatic heterocycles. The van der Waals surface area contributed by atoms with E-state index in [4.69, 9.17) is 16.7 Å². The van der Waals surface area contributed by atoms with Crippen molar-refractivity contribution in [3.63, 3.8) is 0 Å². The van der Waals surface area contributed by atoms with Gasteiger partial charge in [-0.2, -0.15) is 0 Å². The van der Waals surface area contributed by atoms with Gasteiger partial charge in [-0.1, -0.05) is 37.6 Å². The predicted octanol–water partition coefficient (Wildman–Crippen LogP) is 3.48. The molecule has 1 aromatic rings. The van der Waals surface area contributed by atoms with Crippen LogP contribution in [0.3, 0.4) is 0 Å². The zero-order valence-corrected chi connectivity index (χ0v) is 9.71. The van der Waals surface area contributed by atoms with Crippen LogP contribution in [0.15, 0.2) is 18.2 Å². The highest BCUT2D eigenvalue weighted by atomic mass is 35.5. The SMILES string of the molecule is CCC(C)c1ccc(CC(=O)O)c(Cl)c1. The molecule has 1 aromatic carbocycles. The Morgan fingerprint density at radius 3 is 2.67 bits per heavy atom. The molecule has 0 saturated carbocycles. The molecule has 0 aliphatic carbocycles. The third-order valence-electron chi connectivity index (χ3n) is 2.60. The van der Waals surface area contributed by atoms with E-state index in [9.17, 15) is 4.79 Å². The summed E-state index contributed by atoms with van der Waals surface area (Å²) in [6, 6.07) is 5.63. The molecule has 3 heteroatoms. The zero-order valence-electron chi connectivity index (χ0n) is 8.96. The average Bonchev–Trinajstić information content (AvgIpc) is 2.19. The molecule has 15 heavy (non-hydrogen) atoms. The van der Waals surface area contributed by atoms with Crippen molar-refractivity contribution < 1.29 is 9.90 Å². The van der Waals surface area contributed by atoms with E-state index < -0.39 is 5.97 Å². The van der Waals surface area contributed by atoms with Crippen LogP contribution in [-0.4, -0.2) is 11.1 Å². The third kappa shape index (κ3) is 3.24. The summed E-state index contributed by atoms with van der Waals surface area (Å²) < 4.78 is 0. The van der Waals surface area contributed by atoms with Crippen LogP contribution in [0.4, 0.5) is 0 Å². The quantitative estimate of drug-likeness (QED) is 0.854. The van der Waals surface area contributed by atoms with E-state index in [0.29, 0.717) is 16.5 Å². The molecule has 0 aliphatic rings. The highest BCUT2D eigenvalue weighted by Gasteiger charge is 2.08. The van der Waals surface area contributed by atoms with Gasteiger partial charge in [-0.15, -0.1) is 0 Å². The molecule has 0 spiro atoms. The van der Waals surface area contributed by atoms with Crippen LogP contribution in [-0.2, 0) is 11.2 Å². The summed E-state index contributed by atoms with van der Waals surface area (Å²) in [5.74, 6) is -0.394. The van der Waals surface area contributed by atoms with Crippen molar-refractivity contribution in [3.8, 4) is 0 Å². The number of rotatable bonds is 4. The van der Waals surface area contributed by atoms with Gasteiger partial charge in [-0.3, -0.25) is 4.79 Å². The Hall–Kier alpha value is -1.02. The number of carboxylic acids is 1. The van der Waals surface area contributed by atoms with E-state index in [1.54, 1.807) is 6.07 Å². The van der Waals surface area contributed by atoms with E-state index in [2.05, 4.69) is 13.8 Å². The highest BCUT2D eigenvalue weighted by Crippen LogP contribution is 2.25. The number of carboxylic acid groups (broad SMARTS) is 1. The van der Waals surface area contributed by atoms with Crippen LogP contribution in [0.1, 0.15) is 37.3 Å². The highest BCUT2D eigenvalue weighted by molar-refractivity contribution is 6.31. The standard InChI is InChI=1S/C12H15ClO2/c1-3-8(2)9-4-5-10(7-12(14)15)11(13)6-9/h4-6,8H,3,7H2,1-2H3,(H,14,15). The minimum atomic E-state index is -0.854. The van der Waals surface area contributed by atoms with E-state index >= 15 is 0 Å². The molecule has 1 N–H and O–H groups in total. The zero-order chi connectivity index (χ0) is 11.4. The second kappa shape index (κ2) is 5.17. The van der Waals surface area contributed by atoms with Gasteiger partial charge in [-0.25, -0.2) is 0 Å². The second-order valence-electron chi connectivity index (χ2n) is 3.73. The van der Waals surface area contributed by atoms with Crippen molar-refractivity contribution in [2.45, 2.75) is 32.6 Å². The van der Waals surface area contributed by atoms with E-state index in [1.165, 1.54) is 0 Å². The fourth-order valence-electron chi connectivity index (χ4n) is 1.41. The lowest BCUT2D eigenvalue weighted by molar-refractivity contribution is -0.136. The van der Waals surface area contributed by atoms with Crippen molar-refractivity contribution in [2.75, 3.05) is 0 Å². The Labute approximate surface area is 94.9 Å². The number of halogens is 1. The first-order valence-electron chi connectivity index (χ1n) is 5.04. The van der Waals surface area contributed by atoms with Crippen molar-refractivity contribution in [3.05, 3.63) is 34.3 Å². The van der Waals surface area contributed by atoms with Gasteiger partial charge in [0.1, 0.15) is 0 Å². The van der Waals surface area contributed by atoms with Crippen LogP contribution in [0, 0.1) is 0 Å². The molecule has 0 fully saturated rings. The lowest BCUT2D eigenvalue weighted by atomic mass is 9.97. The maximum atomic E-state index is 10.5. The molecule has 0 radical (unpaired) electrons. The smallest absolute Gasteiger partial charge is 0.307 e. The fraction of sp³-hybridized carbons (Fsp3) is 0.417. The molecule has 2 nitrogen and oxygen atoms in total. The van der Waals surface area contributed by atoms with Gasteiger partial charge >= 0.3 is 5.97 Å². The third-order valence-corrected chi connectivity index (χ3v) is 2.95. The molecule has 0 saturated heterocycles. The maximum absolute atomic E-state index is 10.5. The van der Waals surface area contributed by atoms with Gasteiger partial charge in [0.15, 0.2) is 0 Å². The van der Waals surface area contributed by atoms with Crippen molar-refractivity contribution in [1.29, 1.82) is 0 Å². The van der Waals surface area contributed by atoms with Crippen LogP contribution in [0.2, 0.25) is 5.02 Å². The summed E-state index contributed by atoms with van der Waals surface area (Å²) in [4.78, 5) is 10.5. The van der Waals surface area contributed by atoms with E-state index in [1.807, 2.05) is 12.1 Å². The number of benzene rings is 1. The molecule has 0 heterocycles. The Bertz CT molecular complexity index is 361. The van der Waals surface area contributed by atoms with Crippen LogP contribution >= 0.6 is 11.6 Å². The molecule has 0 aliphatic heterocycles. The number of aliphatic carboxylic acids is 1. The predicted molar refractivity (Wildman–Crippen MR) is 61.5 cm³/mol. The maximum Gasteiger partial charge on any atom is 0.307 e. The molecule has 0 bridgehead atoms. The number of hydrogen-bond acceptors (Lipinski definition) is 1. The van der Waals surface area contributed by atoms with Crippen molar-refractivity contribution in [2.24, 2.45) is 0 Å². The van der Waals surface area contributed by atoms with Crippen molar-refractivity contribution in [1.82, 2.24) is 0 Å². The summed E-state index contributed by atoms with van der Waals surface area (Å²) in [6.07, 6.45) is 1.04. The Kier molecular flexibility index (Phi) is 4.15. The average molecular weight is 227 g/mol. The van der Waals surface area contributed by atoms with Gasteiger partial charge in [0.2, 0.25) is 0 Å². The van der Waals surface area contributed by atoms with Crippen LogP contribution in [0.25, 0.3) is 0 Å². The largest absolute Gasteiger partial charge is 0.481 e. The van der Waals surface area contributed by atoms with Gasteiger partial charge in [0.25, 0.3) is 0 Å². The monoisotopic (exact) mass is 226 g/mol. The molecule has 82 valence electrons. The van der Waals surface area contributed by atoms with Gasteiger partial charge < -0.3 is 5.11 Å². The first kappa shape index (κ1) is 12.1. The van der Waals surface area contributed by atoms with E-state index in [-0.39, 0.29) is 6.42 Å². The van der Waals surface area contributed by atoms with Crippen LogP contribution < -0.4 is 0 Å². The van der Waals surface area contributed by atoms with E-state index in [0.717, 1.165) is 12.0 Å². The second-order valence-corrected chi connectivity index (χ2v) is 4.14. The molecular formula is C12H15ClO2.